The molecule has 0 fully saturated rings. The number of aromatic hydroxyl groups is 2. The first-order valence-corrected chi connectivity index (χ1v) is 21.7. The third kappa shape index (κ3) is 7.89. The molecule has 0 saturated carbocycles. The zero-order valence-electron chi connectivity index (χ0n) is 28.8. The minimum absolute atomic E-state index is 0.0163. The van der Waals surface area contributed by atoms with Crippen LogP contribution in [0.2, 0.25) is 0 Å². The summed E-state index contributed by atoms with van der Waals surface area (Å²) in [5, 5.41) is 27.1. The van der Waals surface area contributed by atoms with Gasteiger partial charge in [-0.1, -0.05) is 24.3 Å². The Hall–Kier alpha value is -5.97. The summed E-state index contributed by atoms with van der Waals surface area (Å²) in [7, 11) is -18.6. The van der Waals surface area contributed by atoms with Gasteiger partial charge in [-0.15, -0.1) is 0 Å². The normalized spacial score (nSPS) is 12.4. The van der Waals surface area contributed by atoms with Gasteiger partial charge in [-0.3, -0.25) is 9.11 Å². The number of hydrogen-bond donors (Lipinski definition) is 8. The predicted molar refractivity (Wildman–Crippen MR) is 206 cm³/mol. The van der Waals surface area contributed by atoms with E-state index in [-0.39, 0.29) is 76.7 Å². The van der Waals surface area contributed by atoms with Crippen LogP contribution in [-0.2, 0) is 40.3 Å². The third-order valence-electron chi connectivity index (χ3n) is 8.45. The molecule has 6 rings (SSSR count). The highest BCUT2D eigenvalue weighted by Gasteiger charge is 2.26. The standard InChI is InChI=1S/C35H30N4O13S4/c1-19-17-21(36-25-7-3-5-23-31(55(47,48)49)15-11-27(40)33(23)25)9-13-29(19)53(43,44)38-35(42)39-54(45,46)30-14-10-22(18-20(30)2)37-26-8-4-6-24-32(56(50,51)52)16-12-28(41)34(24)26/h3-18,36-37,40-41H,1-2H3,(H2,38,39,42)(H,47,48,49)(H,50,51,52). The smallest absolute Gasteiger partial charge is 0.342 e. The molecule has 0 unspecified atom stereocenters. The summed E-state index contributed by atoms with van der Waals surface area (Å²) in [6, 6.07) is 19.0. The molecule has 0 heterocycles. The molecule has 0 saturated heterocycles. The maximum absolute atomic E-state index is 13.2. The van der Waals surface area contributed by atoms with Gasteiger partial charge in [-0.05, 0) is 97.8 Å². The molecule has 6 aromatic carbocycles. The minimum atomic E-state index is -4.66. The highest BCUT2D eigenvalue weighted by Crippen LogP contribution is 2.39. The third-order valence-corrected chi connectivity index (χ3v) is 13.3. The highest BCUT2D eigenvalue weighted by atomic mass is 32.2. The van der Waals surface area contributed by atoms with Gasteiger partial charge in [0.25, 0.3) is 40.3 Å². The van der Waals surface area contributed by atoms with Crippen LogP contribution in [0, 0.1) is 13.8 Å². The second kappa shape index (κ2) is 14.3. The lowest BCUT2D eigenvalue weighted by atomic mass is 10.1. The largest absolute Gasteiger partial charge is 0.507 e. The first-order valence-electron chi connectivity index (χ1n) is 15.9. The molecular weight excluding hydrogens is 813 g/mol. The Morgan fingerprint density at radius 1 is 0.500 bits per heavy atom. The van der Waals surface area contributed by atoms with E-state index in [9.17, 15) is 57.8 Å². The second-order valence-electron chi connectivity index (χ2n) is 12.3. The van der Waals surface area contributed by atoms with Crippen molar-refractivity contribution in [2.75, 3.05) is 10.6 Å². The molecule has 8 N–H and O–H groups in total. The molecule has 0 atom stereocenters. The van der Waals surface area contributed by atoms with Gasteiger partial charge in [0, 0.05) is 32.9 Å². The molecule has 0 spiro atoms. The van der Waals surface area contributed by atoms with Crippen molar-refractivity contribution in [3.05, 3.63) is 108 Å². The summed E-state index contributed by atoms with van der Waals surface area (Å²) in [4.78, 5) is 11.1. The van der Waals surface area contributed by atoms with Crippen LogP contribution in [0.1, 0.15) is 11.1 Å². The molecule has 21 heteroatoms. The average Bonchev–Trinajstić information content (AvgIpc) is 3.07. The molecule has 6 aromatic rings. The van der Waals surface area contributed by atoms with E-state index in [0.717, 1.165) is 36.4 Å². The number of amides is 2. The van der Waals surface area contributed by atoms with E-state index in [2.05, 4.69) is 10.6 Å². The van der Waals surface area contributed by atoms with Gasteiger partial charge in [0.1, 0.15) is 21.3 Å². The number of urea groups is 1. The lowest BCUT2D eigenvalue weighted by Gasteiger charge is -2.16. The van der Waals surface area contributed by atoms with E-state index < -0.39 is 56.1 Å². The van der Waals surface area contributed by atoms with Gasteiger partial charge in [-0.25, -0.2) is 31.1 Å². The number of sulfonamides is 2. The van der Waals surface area contributed by atoms with Crippen LogP contribution in [0.5, 0.6) is 11.5 Å². The number of rotatable bonds is 10. The molecule has 0 aliphatic rings. The second-order valence-corrected chi connectivity index (χ2v) is 18.4. The zero-order chi connectivity index (χ0) is 41.0. The van der Waals surface area contributed by atoms with Crippen LogP contribution >= 0.6 is 0 Å². The zero-order valence-corrected chi connectivity index (χ0v) is 32.1. The van der Waals surface area contributed by atoms with Crippen molar-refractivity contribution in [3.8, 4) is 11.5 Å². The fourth-order valence-electron chi connectivity index (χ4n) is 6.12. The van der Waals surface area contributed by atoms with Gasteiger partial charge in [0.2, 0.25) is 0 Å². The van der Waals surface area contributed by atoms with E-state index in [1.165, 1.54) is 74.5 Å². The number of fused-ring (bicyclic) bond motifs is 2. The Bertz CT molecular complexity index is 2880. The Kier molecular flexibility index (Phi) is 10.1. The van der Waals surface area contributed by atoms with Crippen LogP contribution < -0.4 is 20.1 Å². The first-order chi connectivity index (χ1) is 26.1. The number of anilines is 4. The molecule has 0 radical (unpaired) electrons. The number of phenolic OH excluding ortho intramolecular Hbond substituents is 2. The van der Waals surface area contributed by atoms with Crippen molar-refractivity contribution in [3.63, 3.8) is 0 Å². The Morgan fingerprint density at radius 2 is 0.857 bits per heavy atom. The average molecular weight is 843 g/mol. The molecular formula is C35H30N4O13S4. The van der Waals surface area contributed by atoms with E-state index in [1.54, 1.807) is 9.44 Å². The van der Waals surface area contributed by atoms with Crippen LogP contribution in [0.25, 0.3) is 21.5 Å². The van der Waals surface area contributed by atoms with Crippen LogP contribution in [0.15, 0.2) is 117 Å². The maximum atomic E-state index is 13.2. The van der Waals surface area contributed by atoms with Crippen molar-refractivity contribution in [1.29, 1.82) is 0 Å². The number of benzene rings is 6. The fourth-order valence-corrected chi connectivity index (χ4v) is 9.83. The Morgan fingerprint density at radius 3 is 1.20 bits per heavy atom. The molecule has 0 bridgehead atoms. The summed E-state index contributed by atoms with van der Waals surface area (Å²) >= 11 is 0. The molecule has 56 heavy (non-hydrogen) atoms. The fraction of sp³-hybridized carbons (Fsp3) is 0.0571. The van der Waals surface area contributed by atoms with Crippen molar-refractivity contribution in [2.45, 2.75) is 33.4 Å². The number of carbonyl (C=O) groups excluding carboxylic acids is 1. The SMILES string of the molecule is Cc1cc(Nc2cccc3c(S(=O)(=O)O)ccc(O)c23)ccc1S(=O)(=O)NC(=O)NS(=O)(=O)c1ccc(Nc2cccc3c(S(=O)(=O)O)ccc(O)c23)cc1C. The quantitative estimate of drug-likeness (QED) is 0.0804. The molecule has 17 nitrogen and oxygen atoms in total. The van der Waals surface area contributed by atoms with E-state index >= 15 is 0 Å². The molecule has 0 aliphatic carbocycles. The van der Waals surface area contributed by atoms with Gasteiger partial charge in [0.05, 0.1) is 21.2 Å². The van der Waals surface area contributed by atoms with Crippen LogP contribution in [-0.4, -0.2) is 59.0 Å². The lowest BCUT2D eigenvalue weighted by Crippen LogP contribution is -2.42. The number of hydrogen-bond acceptors (Lipinski definition) is 13. The van der Waals surface area contributed by atoms with Crippen molar-refractivity contribution in [2.24, 2.45) is 0 Å². The van der Waals surface area contributed by atoms with Gasteiger partial charge >= 0.3 is 6.03 Å². The van der Waals surface area contributed by atoms with Crippen molar-refractivity contribution in [1.82, 2.24) is 9.44 Å². The first kappa shape index (κ1) is 39.7. The number of aryl methyl sites for hydroxylation is 2. The maximum Gasteiger partial charge on any atom is 0.342 e. The van der Waals surface area contributed by atoms with Gasteiger partial charge < -0.3 is 20.8 Å². The Balaban J connectivity index is 1.18. The highest BCUT2D eigenvalue weighted by molar-refractivity contribution is 7.91. The topological polar surface area (TPSA) is 283 Å². The molecule has 0 aliphatic heterocycles. The molecule has 2 amide bonds. The van der Waals surface area contributed by atoms with Crippen molar-refractivity contribution < 1.29 is 57.8 Å². The van der Waals surface area contributed by atoms with E-state index in [0.29, 0.717) is 0 Å². The van der Waals surface area contributed by atoms with Crippen molar-refractivity contribution >= 4 is 90.6 Å². The molecule has 0 aromatic heterocycles. The lowest BCUT2D eigenvalue weighted by molar-refractivity contribution is 0.250. The number of nitrogens with one attached hydrogen (secondary N) is 4. The summed E-state index contributed by atoms with van der Waals surface area (Å²) in [6.07, 6.45) is 0. The Labute approximate surface area is 320 Å². The predicted octanol–water partition coefficient (Wildman–Crippen LogP) is 5.38. The number of carbonyl (C=O) groups is 1. The summed E-state index contributed by atoms with van der Waals surface area (Å²) < 4.78 is 123. The van der Waals surface area contributed by atoms with Crippen LogP contribution in [0.3, 0.4) is 0 Å². The molecule has 292 valence electrons. The van der Waals surface area contributed by atoms with E-state index in [4.69, 9.17) is 0 Å². The summed E-state index contributed by atoms with van der Waals surface area (Å²) in [5.41, 5.74) is 1.20. The van der Waals surface area contributed by atoms with Gasteiger partial charge in [-0.2, -0.15) is 16.8 Å². The minimum Gasteiger partial charge on any atom is -0.507 e. The number of phenols is 2. The monoisotopic (exact) mass is 842 g/mol. The summed E-state index contributed by atoms with van der Waals surface area (Å²) in [5.74, 6) is -0.610. The van der Waals surface area contributed by atoms with E-state index in [1.807, 2.05) is 0 Å². The van der Waals surface area contributed by atoms with Gasteiger partial charge in [0.15, 0.2) is 0 Å². The van der Waals surface area contributed by atoms with Crippen LogP contribution in [0.4, 0.5) is 27.5 Å². The summed E-state index contributed by atoms with van der Waals surface area (Å²) in [6.45, 7) is 2.80.